The summed E-state index contributed by atoms with van der Waals surface area (Å²) < 4.78 is 5.62. The Morgan fingerprint density at radius 3 is 2.94 bits per heavy atom. The zero-order chi connectivity index (χ0) is 11.7. The number of carbonyl (C=O) groups excluding carboxylic acids is 1. The van der Waals surface area contributed by atoms with Crippen LogP contribution in [0.15, 0.2) is 24.4 Å². The lowest BCUT2D eigenvalue weighted by atomic mass is 10.1. The number of ether oxygens (including phenoxy) is 1. The van der Waals surface area contributed by atoms with Gasteiger partial charge in [0.05, 0.1) is 23.2 Å². The van der Waals surface area contributed by atoms with Gasteiger partial charge in [-0.25, -0.2) is 4.79 Å². The maximum absolute atomic E-state index is 11.4. The third-order valence-electron chi connectivity index (χ3n) is 2.19. The van der Waals surface area contributed by atoms with Crippen LogP contribution in [0.3, 0.4) is 0 Å². The van der Waals surface area contributed by atoms with Crippen LogP contribution >= 0.6 is 34.2 Å². The molecule has 0 amide bonds. The Balaban J connectivity index is 2.75. The Labute approximate surface area is 111 Å². The summed E-state index contributed by atoms with van der Waals surface area (Å²) in [6.45, 7) is 0. The molecule has 3 nitrogen and oxygen atoms in total. The molecule has 16 heavy (non-hydrogen) atoms. The molecule has 0 spiro atoms. The van der Waals surface area contributed by atoms with Gasteiger partial charge in [0.15, 0.2) is 0 Å². The van der Waals surface area contributed by atoms with Gasteiger partial charge in [0.2, 0.25) is 0 Å². The normalized spacial score (nSPS) is 10.4. The van der Waals surface area contributed by atoms with Crippen molar-refractivity contribution in [1.82, 2.24) is 4.98 Å². The smallest absolute Gasteiger partial charge is 0.340 e. The molecule has 1 aromatic heterocycles. The molecule has 2 aromatic rings. The van der Waals surface area contributed by atoms with Gasteiger partial charge in [-0.15, -0.1) is 0 Å². The van der Waals surface area contributed by atoms with Crippen molar-refractivity contribution in [3.05, 3.63) is 38.6 Å². The molecule has 0 aliphatic heterocycles. The fourth-order valence-corrected chi connectivity index (χ4v) is 2.32. The highest BCUT2D eigenvalue weighted by Crippen LogP contribution is 2.28. The highest BCUT2D eigenvalue weighted by atomic mass is 127. The predicted molar refractivity (Wildman–Crippen MR) is 70.8 cm³/mol. The molecular weight excluding hydrogens is 340 g/mol. The average molecular weight is 348 g/mol. The van der Waals surface area contributed by atoms with Crippen LogP contribution in [-0.2, 0) is 4.74 Å². The monoisotopic (exact) mass is 347 g/mol. The summed E-state index contributed by atoms with van der Waals surface area (Å²) in [6.07, 6.45) is 1.44. The molecular formula is C11H7ClINO2. The number of aromatic nitrogens is 1. The molecule has 0 radical (unpaired) electrons. The number of para-hydroxylation sites is 1. The first-order chi connectivity index (χ1) is 7.65. The number of carbonyl (C=O) groups is 1. The molecule has 1 aromatic carbocycles. The Kier molecular flexibility index (Phi) is 3.30. The quantitative estimate of drug-likeness (QED) is 0.587. The van der Waals surface area contributed by atoms with E-state index in [1.165, 1.54) is 13.3 Å². The lowest BCUT2D eigenvalue weighted by molar-refractivity contribution is 0.0600. The van der Waals surface area contributed by atoms with Crippen LogP contribution in [0.5, 0.6) is 0 Å². The van der Waals surface area contributed by atoms with Crippen molar-refractivity contribution in [1.29, 1.82) is 0 Å². The molecule has 0 saturated heterocycles. The van der Waals surface area contributed by atoms with E-state index in [0.717, 1.165) is 14.5 Å². The van der Waals surface area contributed by atoms with Crippen LogP contribution in [0.25, 0.3) is 10.9 Å². The minimum Gasteiger partial charge on any atom is -0.465 e. The summed E-state index contributed by atoms with van der Waals surface area (Å²) in [5.74, 6) is -0.474. The maximum Gasteiger partial charge on any atom is 0.340 e. The fraction of sp³-hybridized carbons (Fsp3) is 0.0909. The minimum atomic E-state index is -0.474. The summed E-state index contributed by atoms with van der Waals surface area (Å²) in [4.78, 5) is 15.6. The summed E-state index contributed by atoms with van der Waals surface area (Å²) in [5.41, 5.74) is 1.08. The highest BCUT2D eigenvalue weighted by molar-refractivity contribution is 14.1. The standard InChI is InChI=1S/C11H7ClINO2/c1-16-11(15)7-5-14-10-6(9(7)12)3-2-4-8(10)13/h2-5H,1H3. The number of nitrogens with zero attached hydrogens (tertiary/aromatic N) is 1. The molecule has 0 aliphatic carbocycles. The summed E-state index contributed by atoms with van der Waals surface area (Å²) in [6, 6.07) is 5.64. The molecule has 0 saturated carbocycles. The van der Waals surface area contributed by atoms with Gasteiger partial charge in [-0.05, 0) is 28.7 Å². The van der Waals surface area contributed by atoms with Crippen molar-refractivity contribution in [2.24, 2.45) is 0 Å². The zero-order valence-electron chi connectivity index (χ0n) is 8.33. The van der Waals surface area contributed by atoms with Gasteiger partial charge in [0, 0.05) is 15.2 Å². The molecule has 0 fully saturated rings. The van der Waals surface area contributed by atoms with Gasteiger partial charge in [-0.1, -0.05) is 23.7 Å². The fourth-order valence-electron chi connectivity index (χ4n) is 1.41. The van der Waals surface area contributed by atoms with Crippen LogP contribution in [0.4, 0.5) is 0 Å². The van der Waals surface area contributed by atoms with Crippen LogP contribution in [0.1, 0.15) is 10.4 Å². The van der Waals surface area contributed by atoms with Gasteiger partial charge in [0.25, 0.3) is 0 Å². The average Bonchev–Trinajstić information content (AvgIpc) is 2.30. The second-order valence-corrected chi connectivity index (χ2v) is 4.65. The van der Waals surface area contributed by atoms with Crippen LogP contribution in [-0.4, -0.2) is 18.1 Å². The van der Waals surface area contributed by atoms with Gasteiger partial charge >= 0.3 is 5.97 Å². The Bertz CT molecular complexity index is 571. The first kappa shape index (κ1) is 11.6. The predicted octanol–water partition coefficient (Wildman–Crippen LogP) is 3.28. The van der Waals surface area contributed by atoms with Crippen molar-refractivity contribution in [3.63, 3.8) is 0 Å². The van der Waals surface area contributed by atoms with Crippen LogP contribution < -0.4 is 0 Å². The maximum atomic E-state index is 11.4. The molecule has 82 valence electrons. The van der Waals surface area contributed by atoms with E-state index in [2.05, 4.69) is 32.3 Å². The van der Waals surface area contributed by atoms with E-state index < -0.39 is 5.97 Å². The second kappa shape index (κ2) is 4.55. The second-order valence-electron chi connectivity index (χ2n) is 3.11. The first-order valence-electron chi connectivity index (χ1n) is 4.46. The number of benzene rings is 1. The largest absolute Gasteiger partial charge is 0.465 e. The van der Waals surface area contributed by atoms with Crippen molar-refractivity contribution in [2.75, 3.05) is 7.11 Å². The van der Waals surface area contributed by atoms with Crippen molar-refractivity contribution >= 4 is 51.1 Å². The third kappa shape index (κ3) is 1.87. The summed E-state index contributed by atoms with van der Waals surface area (Å²) in [7, 11) is 1.32. The summed E-state index contributed by atoms with van der Waals surface area (Å²) in [5, 5.41) is 1.15. The highest BCUT2D eigenvalue weighted by Gasteiger charge is 2.14. The molecule has 0 atom stereocenters. The number of halogens is 2. The first-order valence-corrected chi connectivity index (χ1v) is 5.92. The van der Waals surface area contributed by atoms with E-state index in [0.29, 0.717) is 10.6 Å². The van der Waals surface area contributed by atoms with Crippen LogP contribution in [0, 0.1) is 3.57 Å². The van der Waals surface area contributed by atoms with Gasteiger partial charge in [-0.3, -0.25) is 4.98 Å². The van der Waals surface area contributed by atoms with E-state index in [9.17, 15) is 4.79 Å². The molecule has 0 N–H and O–H groups in total. The molecule has 0 bridgehead atoms. The number of rotatable bonds is 1. The minimum absolute atomic E-state index is 0.290. The van der Waals surface area contributed by atoms with E-state index in [1.807, 2.05) is 18.2 Å². The van der Waals surface area contributed by atoms with E-state index in [-0.39, 0.29) is 0 Å². The third-order valence-corrected chi connectivity index (χ3v) is 3.47. The van der Waals surface area contributed by atoms with Gasteiger partial charge < -0.3 is 4.74 Å². The Morgan fingerprint density at radius 1 is 1.50 bits per heavy atom. The van der Waals surface area contributed by atoms with E-state index in [4.69, 9.17) is 11.6 Å². The molecule has 5 heteroatoms. The zero-order valence-corrected chi connectivity index (χ0v) is 11.2. The Hall–Kier alpha value is -0.880. The molecule has 2 rings (SSSR count). The van der Waals surface area contributed by atoms with E-state index in [1.54, 1.807) is 0 Å². The number of pyridine rings is 1. The molecule has 0 aliphatic rings. The van der Waals surface area contributed by atoms with Crippen molar-refractivity contribution in [2.45, 2.75) is 0 Å². The number of methoxy groups -OCH3 is 1. The Morgan fingerprint density at radius 2 is 2.25 bits per heavy atom. The van der Waals surface area contributed by atoms with Crippen molar-refractivity contribution in [3.8, 4) is 0 Å². The van der Waals surface area contributed by atoms with Crippen LogP contribution in [0.2, 0.25) is 5.02 Å². The summed E-state index contributed by atoms with van der Waals surface area (Å²) >= 11 is 8.32. The molecule has 1 heterocycles. The van der Waals surface area contributed by atoms with Gasteiger partial charge in [0.1, 0.15) is 0 Å². The lowest BCUT2D eigenvalue weighted by Gasteiger charge is -2.06. The van der Waals surface area contributed by atoms with Crippen molar-refractivity contribution < 1.29 is 9.53 Å². The molecule has 0 unspecified atom stereocenters. The number of hydrogen-bond donors (Lipinski definition) is 0. The number of fused-ring (bicyclic) bond motifs is 1. The number of hydrogen-bond acceptors (Lipinski definition) is 3. The SMILES string of the molecule is COC(=O)c1cnc2c(I)cccc2c1Cl. The van der Waals surface area contributed by atoms with Gasteiger partial charge in [-0.2, -0.15) is 0 Å². The topological polar surface area (TPSA) is 39.2 Å². The number of esters is 1. The van der Waals surface area contributed by atoms with E-state index >= 15 is 0 Å². The lowest BCUT2D eigenvalue weighted by Crippen LogP contribution is -2.03.